The number of anilines is 1. The number of nitriles is 1. The van der Waals surface area contributed by atoms with Crippen LogP contribution in [0.4, 0.5) is 5.69 Å². The number of piperazine rings is 1. The van der Waals surface area contributed by atoms with E-state index in [4.69, 9.17) is 10.2 Å². The summed E-state index contributed by atoms with van der Waals surface area (Å²) in [5.74, 6) is 0.483. The van der Waals surface area contributed by atoms with Gasteiger partial charge in [0.15, 0.2) is 0 Å². The number of benzene rings is 1. The number of allylic oxidation sites excluding steroid dienone is 2. The highest BCUT2D eigenvalue weighted by Crippen LogP contribution is 2.38. The summed E-state index contributed by atoms with van der Waals surface area (Å²) in [5.41, 5.74) is 4.96. The Labute approximate surface area is 194 Å². The smallest absolute Gasteiger partial charge is 0.0924 e. The minimum Gasteiger partial charge on any atom is -0.369 e. The van der Waals surface area contributed by atoms with Gasteiger partial charge >= 0.3 is 0 Å². The van der Waals surface area contributed by atoms with Crippen LogP contribution < -0.4 is 4.90 Å². The van der Waals surface area contributed by atoms with E-state index in [-0.39, 0.29) is 0 Å². The van der Waals surface area contributed by atoms with Crippen molar-refractivity contribution in [3.63, 3.8) is 0 Å². The van der Waals surface area contributed by atoms with Gasteiger partial charge < -0.3 is 4.90 Å². The van der Waals surface area contributed by atoms with Crippen molar-refractivity contribution in [2.45, 2.75) is 44.2 Å². The maximum absolute atomic E-state index is 8.68. The first-order valence-corrected chi connectivity index (χ1v) is 12.1. The van der Waals surface area contributed by atoms with E-state index in [1.54, 1.807) is 6.08 Å². The Morgan fingerprint density at radius 2 is 1.85 bits per heavy atom. The molecular weight excluding hydrogens is 410 g/mol. The number of aromatic nitrogens is 4. The van der Waals surface area contributed by atoms with E-state index < -0.39 is 0 Å². The second kappa shape index (κ2) is 8.60. The molecule has 0 amide bonds. The molecule has 0 atom stereocenters. The molecule has 1 aromatic carbocycles. The van der Waals surface area contributed by atoms with Gasteiger partial charge in [-0.3, -0.25) is 14.6 Å². The molecule has 1 saturated heterocycles. The fraction of sp³-hybridized carbons (Fsp3) is 0.462. The van der Waals surface area contributed by atoms with Crippen LogP contribution in [0.5, 0.6) is 0 Å². The normalized spacial score (nSPS) is 24.0. The Morgan fingerprint density at radius 1 is 1.00 bits per heavy atom. The number of hydrogen-bond donors (Lipinski definition) is 0. The second-order valence-corrected chi connectivity index (χ2v) is 9.62. The molecule has 2 saturated carbocycles. The van der Waals surface area contributed by atoms with Crippen molar-refractivity contribution in [2.24, 2.45) is 5.92 Å². The fourth-order valence-corrected chi connectivity index (χ4v) is 5.28. The Balaban J connectivity index is 1.16. The van der Waals surface area contributed by atoms with Crippen molar-refractivity contribution in [3.8, 4) is 17.3 Å². The average molecular weight is 440 g/mol. The average Bonchev–Trinajstić information content (AvgIpc) is 3.26. The molecule has 0 bridgehead atoms. The number of rotatable bonds is 5. The molecule has 3 heterocycles. The van der Waals surface area contributed by atoms with Crippen LogP contribution in [0.25, 0.3) is 22.3 Å². The molecule has 2 aromatic heterocycles. The van der Waals surface area contributed by atoms with Crippen LogP contribution in [0.15, 0.2) is 48.9 Å². The molecule has 0 spiro atoms. The summed E-state index contributed by atoms with van der Waals surface area (Å²) >= 11 is 0. The lowest BCUT2D eigenvalue weighted by atomic mass is 9.80. The van der Waals surface area contributed by atoms with Crippen molar-refractivity contribution in [1.82, 2.24) is 24.6 Å². The van der Waals surface area contributed by atoms with Crippen LogP contribution >= 0.6 is 0 Å². The standard InChI is InChI=1S/C26H29N7/c27-8-2-3-19-13-23(14-19)33-18-20(16-29-33)26-17-28-24-7-6-22(15-25(24)30-26)32-11-9-31(10-12-32)21-4-1-5-21/h2-3,6-7,15-19,21,23H,1,4-5,9-14H2/b3-2+. The summed E-state index contributed by atoms with van der Waals surface area (Å²) in [5, 5.41) is 13.3. The molecular formula is C26H29N7. The molecule has 3 aromatic rings. The van der Waals surface area contributed by atoms with Gasteiger partial charge in [0.25, 0.3) is 0 Å². The van der Waals surface area contributed by atoms with Gasteiger partial charge in [0.1, 0.15) is 0 Å². The second-order valence-electron chi connectivity index (χ2n) is 9.62. The fourth-order valence-electron chi connectivity index (χ4n) is 5.28. The molecule has 33 heavy (non-hydrogen) atoms. The SMILES string of the molecule is N#C/C=C/C1CC(n2cc(-c3cnc4ccc(N5CCN(C6CCC6)CC5)cc4n3)cn2)C1. The van der Waals surface area contributed by atoms with Gasteiger partial charge in [-0.2, -0.15) is 10.4 Å². The molecule has 0 N–H and O–H groups in total. The molecule has 168 valence electrons. The largest absolute Gasteiger partial charge is 0.369 e. The molecule has 7 nitrogen and oxygen atoms in total. The van der Waals surface area contributed by atoms with E-state index in [0.717, 1.165) is 67.4 Å². The zero-order chi connectivity index (χ0) is 22.2. The first-order chi connectivity index (χ1) is 16.3. The lowest BCUT2D eigenvalue weighted by Gasteiger charge is -2.43. The summed E-state index contributed by atoms with van der Waals surface area (Å²) in [4.78, 5) is 14.8. The summed E-state index contributed by atoms with van der Waals surface area (Å²) in [6.45, 7) is 4.46. The van der Waals surface area contributed by atoms with Crippen molar-refractivity contribution in [3.05, 3.63) is 48.9 Å². The topological polar surface area (TPSA) is 73.9 Å². The van der Waals surface area contributed by atoms with Crippen molar-refractivity contribution < 1.29 is 0 Å². The van der Waals surface area contributed by atoms with E-state index in [1.807, 2.05) is 23.2 Å². The molecule has 0 radical (unpaired) electrons. The first kappa shape index (κ1) is 20.4. The maximum atomic E-state index is 8.68. The first-order valence-electron chi connectivity index (χ1n) is 12.1. The summed E-state index contributed by atoms with van der Waals surface area (Å²) < 4.78 is 2.04. The number of nitrogens with zero attached hydrogens (tertiary/aromatic N) is 7. The molecule has 6 rings (SSSR count). The number of hydrogen-bond acceptors (Lipinski definition) is 6. The Morgan fingerprint density at radius 3 is 2.61 bits per heavy atom. The van der Waals surface area contributed by atoms with Crippen molar-refractivity contribution >= 4 is 16.7 Å². The Hall–Kier alpha value is -3.24. The van der Waals surface area contributed by atoms with Gasteiger partial charge in [-0.05, 0) is 49.8 Å². The highest BCUT2D eigenvalue weighted by atomic mass is 15.3. The summed E-state index contributed by atoms with van der Waals surface area (Å²) in [6, 6.07) is 9.76. The highest BCUT2D eigenvalue weighted by molar-refractivity contribution is 5.81. The van der Waals surface area contributed by atoms with E-state index in [9.17, 15) is 0 Å². The van der Waals surface area contributed by atoms with Crippen LogP contribution in [-0.4, -0.2) is 56.9 Å². The van der Waals surface area contributed by atoms with Crippen LogP contribution in [0.2, 0.25) is 0 Å². The van der Waals surface area contributed by atoms with Gasteiger partial charge in [-0.15, -0.1) is 0 Å². The number of fused-ring (bicyclic) bond motifs is 1. The van der Waals surface area contributed by atoms with E-state index in [1.165, 1.54) is 24.9 Å². The maximum Gasteiger partial charge on any atom is 0.0924 e. The van der Waals surface area contributed by atoms with Gasteiger partial charge in [-0.25, -0.2) is 4.98 Å². The molecule has 1 aliphatic heterocycles. The van der Waals surface area contributed by atoms with Crippen LogP contribution in [0.3, 0.4) is 0 Å². The third-order valence-corrected chi connectivity index (χ3v) is 7.66. The molecule has 2 aliphatic carbocycles. The van der Waals surface area contributed by atoms with Crippen molar-refractivity contribution in [2.75, 3.05) is 31.1 Å². The summed E-state index contributed by atoms with van der Waals surface area (Å²) in [7, 11) is 0. The Kier molecular flexibility index (Phi) is 5.31. The highest BCUT2D eigenvalue weighted by Gasteiger charge is 2.30. The lowest BCUT2D eigenvalue weighted by Crippen LogP contribution is -2.52. The van der Waals surface area contributed by atoms with Gasteiger partial charge in [-0.1, -0.05) is 12.5 Å². The van der Waals surface area contributed by atoms with Crippen molar-refractivity contribution in [1.29, 1.82) is 5.26 Å². The third kappa shape index (κ3) is 4.00. The quantitative estimate of drug-likeness (QED) is 0.555. The molecule has 3 aliphatic rings. The summed E-state index contributed by atoms with van der Waals surface area (Å²) in [6.07, 6.45) is 15.6. The Bertz CT molecular complexity index is 1200. The molecule has 3 fully saturated rings. The van der Waals surface area contributed by atoms with Crippen LogP contribution in [-0.2, 0) is 0 Å². The zero-order valence-corrected chi connectivity index (χ0v) is 18.8. The predicted octanol–water partition coefficient (Wildman–Crippen LogP) is 4.20. The van der Waals surface area contributed by atoms with Gasteiger partial charge in [0.2, 0.25) is 0 Å². The van der Waals surface area contributed by atoms with Crippen LogP contribution in [0, 0.1) is 17.2 Å². The van der Waals surface area contributed by atoms with E-state index in [2.05, 4.69) is 50.3 Å². The third-order valence-electron chi connectivity index (χ3n) is 7.66. The van der Waals surface area contributed by atoms with Gasteiger partial charge in [0.05, 0.1) is 41.2 Å². The van der Waals surface area contributed by atoms with Crippen LogP contribution in [0.1, 0.15) is 38.1 Å². The lowest BCUT2D eigenvalue weighted by molar-refractivity contribution is 0.120. The molecule has 7 heteroatoms. The van der Waals surface area contributed by atoms with E-state index >= 15 is 0 Å². The molecule has 0 unspecified atom stereocenters. The van der Waals surface area contributed by atoms with Gasteiger partial charge in [0, 0.05) is 55.7 Å². The minimum atomic E-state index is 0.394. The zero-order valence-electron chi connectivity index (χ0n) is 18.8. The monoisotopic (exact) mass is 439 g/mol. The minimum absolute atomic E-state index is 0.394. The predicted molar refractivity (Wildman–Crippen MR) is 129 cm³/mol. The van der Waals surface area contributed by atoms with E-state index in [0.29, 0.717) is 12.0 Å².